The summed E-state index contributed by atoms with van der Waals surface area (Å²) in [6.45, 7) is 2.42. The van der Waals surface area contributed by atoms with Crippen LogP contribution in [0.5, 0.6) is 0 Å². The number of nitrogens with zero attached hydrogens (tertiary/aromatic N) is 3. The fraction of sp³-hybridized carbons (Fsp3) is 0.571. The molecule has 1 aromatic carbocycles. The van der Waals surface area contributed by atoms with Crippen LogP contribution in [0.3, 0.4) is 0 Å². The van der Waals surface area contributed by atoms with Gasteiger partial charge in [0.1, 0.15) is 5.82 Å². The molecule has 1 aliphatic heterocycles. The average molecular weight is 385 g/mol. The van der Waals surface area contributed by atoms with Crippen LogP contribution >= 0.6 is 0 Å². The largest absolute Gasteiger partial charge is 0.350 e. The monoisotopic (exact) mass is 385 g/mol. The van der Waals surface area contributed by atoms with E-state index in [-0.39, 0.29) is 17.1 Å². The van der Waals surface area contributed by atoms with Gasteiger partial charge in [-0.05, 0) is 56.5 Å². The molecule has 1 saturated heterocycles. The number of halogens is 1. The molecule has 0 radical (unpaired) electrons. The van der Waals surface area contributed by atoms with Gasteiger partial charge < -0.3 is 10.6 Å². The molecular weight excluding hydrogens is 357 g/mol. The Morgan fingerprint density at radius 2 is 2.04 bits per heavy atom. The van der Waals surface area contributed by atoms with Crippen molar-refractivity contribution in [1.29, 1.82) is 0 Å². The predicted octanol–water partition coefficient (Wildman–Crippen LogP) is 2.97. The number of amides is 1. The highest BCUT2D eigenvalue weighted by atomic mass is 19.1. The summed E-state index contributed by atoms with van der Waals surface area (Å²) in [6, 6.07) is 7.12. The molecule has 2 heterocycles. The van der Waals surface area contributed by atoms with Crippen LogP contribution in [0.2, 0.25) is 0 Å². The van der Waals surface area contributed by atoms with Gasteiger partial charge in [-0.15, -0.1) is 5.10 Å². The van der Waals surface area contributed by atoms with Gasteiger partial charge in [0.05, 0.1) is 12.2 Å². The van der Waals surface area contributed by atoms with Gasteiger partial charge in [0.2, 0.25) is 0 Å². The zero-order valence-electron chi connectivity index (χ0n) is 16.2. The van der Waals surface area contributed by atoms with E-state index < -0.39 is 0 Å². The van der Waals surface area contributed by atoms with Crippen molar-refractivity contribution in [2.75, 3.05) is 19.6 Å². The van der Waals surface area contributed by atoms with Crippen molar-refractivity contribution in [3.05, 3.63) is 47.5 Å². The van der Waals surface area contributed by atoms with Crippen molar-refractivity contribution in [2.45, 2.75) is 56.4 Å². The van der Waals surface area contributed by atoms with Crippen molar-refractivity contribution < 1.29 is 9.18 Å². The fourth-order valence-electron chi connectivity index (χ4n) is 4.58. The van der Waals surface area contributed by atoms with Crippen LogP contribution < -0.4 is 10.6 Å². The van der Waals surface area contributed by atoms with E-state index in [4.69, 9.17) is 0 Å². The molecule has 4 rings (SSSR count). The summed E-state index contributed by atoms with van der Waals surface area (Å²) < 4.78 is 15.6. The Hall–Kier alpha value is -2.28. The number of benzene rings is 1. The lowest BCUT2D eigenvalue weighted by Crippen LogP contribution is -2.42. The van der Waals surface area contributed by atoms with Crippen LogP contribution in [0.25, 0.3) is 0 Å². The second-order valence-electron chi connectivity index (χ2n) is 8.10. The number of hydrogen-bond donors (Lipinski definition) is 2. The van der Waals surface area contributed by atoms with E-state index in [1.54, 1.807) is 18.3 Å². The van der Waals surface area contributed by atoms with Crippen LogP contribution in [-0.2, 0) is 5.41 Å². The zero-order chi connectivity index (χ0) is 19.4. The number of rotatable bonds is 5. The highest BCUT2D eigenvalue weighted by Crippen LogP contribution is 2.39. The number of nitrogens with one attached hydrogen (secondary N) is 2. The third kappa shape index (κ3) is 4.09. The highest BCUT2D eigenvalue weighted by Gasteiger charge is 2.35. The molecule has 150 valence electrons. The predicted molar refractivity (Wildman–Crippen MR) is 105 cm³/mol. The van der Waals surface area contributed by atoms with Gasteiger partial charge in [0, 0.05) is 12.0 Å². The molecule has 0 atom stereocenters. The number of aromatic nitrogens is 3. The second kappa shape index (κ2) is 8.39. The van der Waals surface area contributed by atoms with Gasteiger partial charge in [-0.2, -0.15) is 0 Å². The molecule has 0 unspecified atom stereocenters. The van der Waals surface area contributed by atoms with E-state index in [0.29, 0.717) is 18.3 Å². The molecule has 7 heteroatoms. The normalized spacial score (nSPS) is 20.0. The van der Waals surface area contributed by atoms with Gasteiger partial charge in [-0.25, -0.2) is 9.07 Å². The number of carbonyl (C=O) groups is 1. The Morgan fingerprint density at radius 1 is 1.25 bits per heavy atom. The smallest absolute Gasteiger partial charge is 0.273 e. The summed E-state index contributed by atoms with van der Waals surface area (Å²) in [5.41, 5.74) is 1.12. The van der Waals surface area contributed by atoms with E-state index in [9.17, 15) is 9.18 Å². The third-order valence-electron chi connectivity index (χ3n) is 6.26. The summed E-state index contributed by atoms with van der Waals surface area (Å²) in [7, 11) is 0. The van der Waals surface area contributed by atoms with Crippen LogP contribution in [0.1, 0.15) is 67.0 Å². The summed E-state index contributed by atoms with van der Waals surface area (Å²) in [5.74, 6) is -0.430. The number of piperidine rings is 1. The first-order valence-corrected chi connectivity index (χ1v) is 10.3. The van der Waals surface area contributed by atoms with Gasteiger partial charge in [-0.1, -0.05) is 36.6 Å². The Bertz CT molecular complexity index is 809. The minimum absolute atomic E-state index is 0.207. The summed E-state index contributed by atoms with van der Waals surface area (Å²) >= 11 is 0. The molecule has 2 aromatic rings. The summed E-state index contributed by atoms with van der Waals surface area (Å²) in [6.07, 6.45) is 9.03. The number of hydrogen-bond acceptors (Lipinski definition) is 4. The maximum atomic E-state index is 13.8. The van der Waals surface area contributed by atoms with Gasteiger partial charge >= 0.3 is 0 Å². The maximum Gasteiger partial charge on any atom is 0.273 e. The van der Waals surface area contributed by atoms with Crippen molar-refractivity contribution in [2.24, 2.45) is 0 Å². The number of carbonyl (C=O) groups excluding carboxylic acids is 1. The van der Waals surface area contributed by atoms with E-state index >= 15 is 0 Å². The second-order valence-corrected chi connectivity index (χ2v) is 8.10. The topological polar surface area (TPSA) is 71.8 Å². The highest BCUT2D eigenvalue weighted by molar-refractivity contribution is 5.91. The first kappa shape index (κ1) is 19.1. The van der Waals surface area contributed by atoms with Crippen molar-refractivity contribution >= 4 is 5.91 Å². The van der Waals surface area contributed by atoms with Crippen molar-refractivity contribution in [3.63, 3.8) is 0 Å². The van der Waals surface area contributed by atoms with Crippen LogP contribution in [-0.4, -0.2) is 40.5 Å². The third-order valence-corrected chi connectivity index (χ3v) is 6.26. The molecule has 0 bridgehead atoms. The molecule has 1 saturated carbocycles. The van der Waals surface area contributed by atoms with Crippen LogP contribution in [0.4, 0.5) is 4.39 Å². The van der Waals surface area contributed by atoms with Crippen LogP contribution in [0.15, 0.2) is 30.5 Å². The first-order chi connectivity index (χ1) is 13.7. The van der Waals surface area contributed by atoms with Crippen molar-refractivity contribution in [1.82, 2.24) is 25.6 Å². The summed E-state index contributed by atoms with van der Waals surface area (Å²) in [4.78, 5) is 12.7. The lowest BCUT2D eigenvalue weighted by Gasteiger charge is -2.38. The zero-order valence-corrected chi connectivity index (χ0v) is 16.2. The minimum Gasteiger partial charge on any atom is -0.350 e. The Labute approximate surface area is 164 Å². The van der Waals surface area contributed by atoms with E-state index in [0.717, 1.165) is 57.2 Å². The van der Waals surface area contributed by atoms with Crippen LogP contribution in [0, 0.1) is 5.82 Å². The standard InChI is InChI=1S/C21H28FN5O/c22-17-6-4-5-16(13-17)21(9-2-1-3-10-21)15-24-20(28)19-14-27(26-25-19)18-7-11-23-12-8-18/h4-6,13-14,18,23H,1-3,7-12,15H2,(H,24,28). The quantitative estimate of drug-likeness (QED) is 0.830. The van der Waals surface area contributed by atoms with Crippen molar-refractivity contribution in [3.8, 4) is 0 Å². The van der Waals surface area contributed by atoms with Gasteiger partial charge in [-0.3, -0.25) is 4.79 Å². The van der Waals surface area contributed by atoms with Gasteiger partial charge in [0.15, 0.2) is 5.69 Å². The van der Waals surface area contributed by atoms with Gasteiger partial charge in [0.25, 0.3) is 5.91 Å². The molecule has 2 aliphatic rings. The lowest BCUT2D eigenvalue weighted by molar-refractivity contribution is 0.0931. The molecule has 1 aromatic heterocycles. The van der Waals surface area contributed by atoms with E-state index in [2.05, 4.69) is 20.9 Å². The average Bonchev–Trinajstić information content (AvgIpc) is 3.24. The molecule has 1 amide bonds. The SMILES string of the molecule is O=C(NCC1(c2cccc(F)c2)CCCCC1)c1cn(C2CCNCC2)nn1. The Morgan fingerprint density at radius 3 is 2.79 bits per heavy atom. The Kier molecular flexibility index (Phi) is 5.71. The minimum atomic E-state index is -0.223. The summed E-state index contributed by atoms with van der Waals surface area (Å²) in [5, 5.41) is 14.6. The Balaban J connectivity index is 1.45. The van der Waals surface area contributed by atoms with E-state index in [1.807, 2.05) is 10.7 Å². The molecule has 2 fully saturated rings. The molecule has 0 spiro atoms. The molecule has 28 heavy (non-hydrogen) atoms. The lowest BCUT2D eigenvalue weighted by atomic mass is 9.69. The molecule has 2 N–H and O–H groups in total. The molecule has 1 aliphatic carbocycles. The maximum absolute atomic E-state index is 13.8. The molecular formula is C21H28FN5O. The first-order valence-electron chi connectivity index (χ1n) is 10.3. The fourth-order valence-corrected chi connectivity index (χ4v) is 4.58. The molecule has 6 nitrogen and oxygen atoms in total. The van der Waals surface area contributed by atoms with E-state index in [1.165, 1.54) is 12.5 Å².